The highest BCUT2D eigenvalue weighted by Gasteiger charge is 2.18. The fourth-order valence-corrected chi connectivity index (χ4v) is 4.74. The lowest BCUT2D eigenvalue weighted by molar-refractivity contribution is 0.313. The molecule has 0 spiro atoms. The first-order chi connectivity index (χ1) is 18.6. The maximum atomic E-state index is 13.5. The monoisotopic (exact) mass is 524 g/mol. The van der Waals surface area contributed by atoms with Crippen molar-refractivity contribution in [1.82, 2.24) is 29.6 Å². The Labute approximate surface area is 224 Å². The quantitative estimate of drug-likeness (QED) is 0.362. The molecule has 0 unspecified atom stereocenters. The average Bonchev–Trinajstić information content (AvgIpc) is 2.95. The normalized spacial score (nSPS) is 14.1. The molecule has 0 aliphatic carbocycles. The van der Waals surface area contributed by atoms with E-state index >= 15 is 0 Å². The summed E-state index contributed by atoms with van der Waals surface area (Å²) in [6.45, 7) is 4.12. The summed E-state index contributed by atoms with van der Waals surface area (Å²) in [6.07, 6.45) is 4.89. The topological polar surface area (TPSA) is 92.1 Å². The number of rotatable bonds is 5. The van der Waals surface area contributed by atoms with Gasteiger partial charge in [0, 0.05) is 61.7 Å². The number of nitrogens with one attached hydrogen (secondary N) is 1. The SMILES string of the molecule is CN1CCN(c2ccc(Nc3ncc4c(=O)n(-c5ccccc5Cl)nc(-c5ccncc5)c4n3)cc2)CC1. The van der Waals surface area contributed by atoms with Crippen LogP contribution in [0.3, 0.4) is 0 Å². The second-order valence-electron chi connectivity index (χ2n) is 9.17. The second-order valence-corrected chi connectivity index (χ2v) is 9.58. The summed E-state index contributed by atoms with van der Waals surface area (Å²) in [5.41, 5.74) is 3.91. The summed E-state index contributed by atoms with van der Waals surface area (Å²) in [5, 5.41) is 8.71. The minimum absolute atomic E-state index is 0.336. The number of hydrogen-bond acceptors (Lipinski definition) is 8. The van der Waals surface area contributed by atoms with Gasteiger partial charge in [0.15, 0.2) is 0 Å². The van der Waals surface area contributed by atoms with Crippen molar-refractivity contribution in [3.63, 3.8) is 0 Å². The summed E-state index contributed by atoms with van der Waals surface area (Å²) in [5.74, 6) is 0.372. The standard InChI is InChI=1S/C28H25ClN8O/c1-35-14-16-36(17-15-35)21-8-6-20(7-9-21)32-28-31-18-22-26(33-28)25(19-10-12-30-13-11-19)34-37(27(22)38)24-5-3-2-4-23(24)29/h2-13,18H,14-17H2,1H3,(H,31,32,33). The number of aromatic nitrogens is 5. The molecule has 5 aromatic rings. The molecule has 1 aliphatic rings. The van der Waals surface area contributed by atoms with Crippen molar-refractivity contribution in [2.75, 3.05) is 43.4 Å². The van der Waals surface area contributed by atoms with Gasteiger partial charge < -0.3 is 15.1 Å². The summed E-state index contributed by atoms with van der Waals surface area (Å²) in [7, 11) is 2.15. The number of fused-ring (bicyclic) bond motifs is 1. The lowest BCUT2D eigenvalue weighted by Gasteiger charge is -2.34. The van der Waals surface area contributed by atoms with Crippen molar-refractivity contribution in [3.05, 3.63) is 94.6 Å². The number of benzene rings is 2. The zero-order valence-corrected chi connectivity index (χ0v) is 21.5. The van der Waals surface area contributed by atoms with Gasteiger partial charge in [0.25, 0.3) is 5.56 Å². The van der Waals surface area contributed by atoms with E-state index in [-0.39, 0.29) is 5.56 Å². The van der Waals surface area contributed by atoms with Gasteiger partial charge in [0.05, 0.1) is 16.1 Å². The number of halogens is 1. The highest BCUT2D eigenvalue weighted by Crippen LogP contribution is 2.27. The van der Waals surface area contributed by atoms with E-state index in [1.165, 1.54) is 16.6 Å². The minimum atomic E-state index is -0.353. The van der Waals surface area contributed by atoms with Gasteiger partial charge in [-0.25, -0.2) is 9.97 Å². The van der Waals surface area contributed by atoms with Crippen LogP contribution in [-0.2, 0) is 0 Å². The summed E-state index contributed by atoms with van der Waals surface area (Å²) >= 11 is 6.41. The third-order valence-electron chi connectivity index (χ3n) is 6.66. The Morgan fingerprint density at radius 2 is 1.66 bits per heavy atom. The van der Waals surface area contributed by atoms with E-state index in [1.54, 1.807) is 30.6 Å². The number of piperazine rings is 1. The van der Waals surface area contributed by atoms with E-state index in [2.05, 4.69) is 49.4 Å². The Hall–Kier alpha value is -4.34. The number of nitrogens with zero attached hydrogens (tertiary/aromatic N) is 7. The molecule has 4 heterocycles. The van der Waals surface area contributed by atoms with Gasteiger partial charge in [0.1, 0.15) is 11.2 Å². The fourth-order valence-electron chi connectivity index (χ4n) is 4.53. The van der Waals surface area contributed by atoms with Gasteiger partial charge in [-0.3, -0.25) is 9.78 Å². The lowest BCUT2D eigenvalue weighted by Crippen LogP contribution is -2.44. The van der Waals surface area contributed by atoms with Gasteiger partial charge in [0.2, 0.25) is 5.95 Å². The number of anilines is 3. The van der Waals surface area contributed by atoms with Crippen LogP contribution >= 0.6 is 11.6 Å². The number of likely N-dealkylation sites (N-methyl/N-ethyl adjacent to an activating group) is 1. The van der Waals surface area contributed by atoms with Crippen LogP contribution in [0.25, 0.3) is 27.8 Å². The fraction of sp³-hybridized carbons (Fsp3) is 0.179. The van der Waals surface area contributed by atoms with Crippen LogP contribution in [0.15, 0.2) is 84.0 Å². The summed E-state index contributed by atoms with van der Waals surface area (Å²) in [4.78, 5) is 31.5. The zero-order valence-electron chi connectivity index (χ0n) is 20.8. The maximum Gasteiger partial charge on any atom is 0.282 e. The minimum Gasteiger partial charge on any atom is -0.369 e. The molecule has 0 atom stereocenters. The van der Waals surface area contributed by atoms with E-state index in [4.69, 9.17) is 16.6 Å². The molecule has 10 heteroatoms. The first-order valence-electron chi connectivity index (χ1n) is 12.3. The summed E-state index contributed by atoms with van der Waals surface area (Å²) < 4.78 is 1.30. The third-order valence-corrected chi connectivity index (χ3v) is 6.98. The second kappa shape index (κ2) is 10.2. The van der Waals surface area contributed by atoms with Crippen LogP contribution in [0.1, 0.15) is 0 Å². The van der Waals surface area contributed by atoms with Crippen LogP contribution in [0.4, 0.5) is 17.3 Å². The van der Waals surface area contributed by atoms with Crippen LogP contribution in [0, 0.1) is 0 Å². The predicted molar refractivity (Wildman–Crippen MR) is 151 cm³/mol. The van der Waals surface area contributed by atoms with Crippen molar-refractivity contribution >= 4 is 39.8 Å². The lowest BCUT2D eigenvalue weighted by atomic mass is 10.1. The van der Waals surface area contributed by atoms with Crippen LogP contribution in [0.5, 0.6) is 0 Å². The van der Waals surface area contributed by atoms with E-state index in [0.29, 0.717) is 33.3 Å². The highest BCUT2D eigenvalue weighted by atomic mass is 35.5. The summed E-state index contributed by atoms with van der Waals surface area (Å²) in [6, 6.07) is 19.0. The molecule has 0 saturated carbocycles. The molecule has 0 radical (unpaired) electrons. The van der Waals surface area contributed by atoms with Crippen LogP contribution in [-0.4, -0.2) is 62.9 Å². The first kappa shape index (κ1) is 24.0. The Morgan fingerprint density at radius 1 is 0.921 bits per heavy atom. The van der Waals surface area contributed by atoms with Gasteiger partial charge in [-0.15, -0.1) is 0 Å². The van der Waals surface area contributed by atoms with Crippen molar-refractivity contribution in [2.45, 2.75) is 0 Å². The Balaban J connectivity index is 1.38. The van der Waals surface area contributed by atoms with Crippen molar-refractivity contribution in [1.29, 1.82) is 0 Å². The van der Waals surface area contributed by atoms with E-state index < -0.39 is 0 Å². The van der Waals surface area contributed by atoms with E-state index in [9.17, 15) is 4.79 Å². The van der Waals surface area contributed by atoms with Gasteiger partial charge in [-0.2, -0.15) is 9.78 Å². The Morgan fingerprint density at radius 3 is 2.39 bits per heavy atom. The number of hydrogen-bond donors (Lipinski definition) is 1. The molecular formula is C28H25ClN8O. The predicted octanol–water partition coefficient (Wildman–Crippen LogP) is 4.39. The van der Waals surface area contributed by atoms with Gasteiger partial charge in [-0.05, 0) is 55.6 Å². The Bertz CT molecular complexity index is 1650. The van der Waals surface area contributed by atoms with Gasteiger partial charge in [-0.1, -0.05) is 23.7 Å². The molecule has 1 aliphatic heterocycles. The van der Waals surface area contributed by atoms with E-state index in [0.717, 1.165) is 37.4 Å². The van der Waals surface area contributed by atoms with Crippen molar-refractivity contribution < 1.29 is 0 Å². The van der Waals surface area contributed by atoms with Crippen molar-refractivity contribution in [3.8, 4) is 16.9 Å². The van der Waals surface area contributed by atoms with Crippen LogP contribution < -0.4 is 15.8 Å². The molecule has 0 amide bonds. The molecule has 3 aromatic heterocycles. The maximum absolute atomic E-state index is 13.5. The molecule has 0 bridgehead atoms. The molecule has 190 valence electrons. The molecule has 2 aromatic carbocycles. The molecule has 1 N–H and O–H groups in total. The molecular weight excluding hydrogens is 500 g/mol. The zero-order chi connectivity index (χ0) is 26.1. The van der Waals surface area contributed by atoms with Crippen molar-refractivity contribution in [2.24, 2.45) is 0 Å². The third kappa shape index (κ3) is 4.69. The Kier molecular flexibility index (Phi) is 6.45. The molecule has 9 nitrogen and oxygen atoms in total. The molecule has 38 heavy (non-hydrogen) atoms. The van der Waals surface area contributed by atoms with E-state index in [1.807, 2.05) is 30.3 Å². The number of para-hydroxylation sites is 1. The van der Waals surface area contributed by atoms with Gasteiger partial charge >= 0.3 is 0 Å². The molecule has 1 fully saturated rings. The first-order valence-corrected chi connectivity index (χ1v) is 12.7. The smallest absolute Gasteiger partial charge is 0.282 e. The van der Waals surface area contributed by atoms with Crippen LogP contribution in [0.2, 0.25) is 5.02 Å². The average molecular weight is 525 g/mol. The molecule has 1 saturated heterocycles. The largest absolute Gasteiger partial charge is 0.369 e. The number of pyridine rings is 1. The molecule has 6 rings (SSSR count). The highest BCUT2D eigenvalue weighted by molar-refractivity contribution is 6.32.